The predicted molar refractivity (Wildman–Crippen MR) is 89.2 cm³/mol. The van der Waals surface area contributed by atoms with E-state index in [1.54, 1.807) is 0 Å². The zero-order valence-electron chi connectivity index (χ0n) is 13.8. The van der Waals surface area contributed by atoms with Crippen molar-refractivity contribution in [3.05, 3.63) is 35.4 Å². The maximum atomic E-state index is 3.68. The fraction of sp³-hybridized carbons (Fsp3) is 0.667. The molecule has 1 unspecified atom stereocenters. The average Bonchev–Trinajstić information content (AvgIpc) is 2.44. The van der Waals surface area contributed by atoms with Gasteiger partial charge in [-0.1, -0.05) is 56.5 Å². The molecule has 0 saturated heterocycles. The Morgan fingerprint density at radius 2 is 1.75 bits per heavy atom. The van der Waals surface area contributed by atoms with Crippen molar-refractivity contribution in [2.75, 3.05) is 26.7 Å². The number of rotatable bonds is 10. The summed E-state index contributed by atoms with van der Waals surface area (Å²) in [5.74, 6) is 0. The molecule has 0 amide bonds. The number of nitrogens with zero attached hydrogens (tertiary/aromatic N) is 1. The third kappa shape index (κ3) is 6.53. The number of unbranched alkanes of at least 4 members (excludes halogenated alkanes) is 2. The molecule has 0 aliphatic carbocycles. The van der Waals surface area contributed by atoms with E-state index in [4.69, 9.17) is 0 Å². The summed E-state index contributed by atoms with van der Waals surface area (Å²) < 4.78 is 0. The van der Waals surface area contributed by atoms with E-state index in [0.717, 1.165) is 13.1 Å². The summed E-state index contributed by atoms with van der Waals surface area (Å²) in [5.41, 5.74) is 2.74. The standard InChI is InChI=1S/C18H32N2/c1-5-7-8-14-20(4)15-18(19-13-6-2)17-11-9-16(3)10-12-17/h9-12,18-19H,5-8,13-15H2,1-4H3. The molecule has 0 aliphatic heterocycles. The first-order valence-electron chi connectivity index (χ1n) is 8.15. The summed E-state index contributed by atoms with van der Waals surface area (Å²) in [4.78, 5) is 2.46. The molecule has 0 spiro atoms. The molecule has 0 radical (unpaired) electrons. The number of aryl methyl sites for hydroxylation is 1. The lowest BCUT2D eigenvalue weighted by Crippen LogP contribution is -2.34. The minimum atomic E-state index is 0.446. The third-order valence-electron chi connectivity index (χ3n) is 3.76. The van der Waals surface area contributed by atoms with Crippen LogP contribution in [0, 0.1) is 6.92 Å². The van der Waals surface area contributed by atoms with Crippen molar-refractivity contribution in [1.29, 1.82) is 0 Å². The second kappa shape index (κ2) is 9.95. The van der Waals surface area contributed by atoms with Gasteiger partial charge in [-0.2, -0.15) is 0 Å². The molecule has 0 aromatic heterocycles. The van der Waals surface area contributed by atoms with Gasteiger partial charge in [0.1, 0.15) is 0 Å². The van der Waals surface area contributed by atoms with Crippen LogP contribution in [-0.2, 0) is 0 Å². The topological polar surface area (TPSA) is 15.3 Å². The van der Waals surface area contributed by atoms with Crippen molar-refractivity contribution in [2.45, 2.75) is 52.5 Å². The number of hydrogen-bond donors (Lipinski definition) is 1. The summed E-state index contributed by atoms with van der Waals surface area (Å²) in [5, 5.41) is 3.68. The van der Waals surface area contributed by atoms with Gasteiger partial charge < -0.3 is 10.2 Å². The van der Waals surface area contributed by atoms with E-state index in [1.807, 2.05) is 0 Å². The average molecular weight is 276 g/mol. The van der Waals surface area contributed by atoms with Gasteiger partial charge in [-0.25, -0.2) is 0 Å². The van der Waals surface area contributed by atoms with Gasteiger partial charge in [0.05, 0.1) is 0 Å². The summed E-state index contributed by atoms with van der Waals surface area (Å²) in [6.45, 7) is 10.0. The summed E-state index contributed by atoms with van der Waals surface area (Å²) in [6, 6.07) is 9.41. The Balaban J connectivity index is 2.57. The van der Waals surface area contributed by atoms with Crippen LogP contribution >= 0.6 is 0 Å². The van der Waals surface area contributed by atoms with Crippen molar-refractivity contribution >= 4 is 0 Å². The van der Waals surface area contributed by atoms with Gasteiger partial charge in [0, 0.05) is 12.6 Å². The highest BCUT2D eigenvalue weighted by molar-refractivity contribution is 5.24. The van der Waals surface area contributed by atoms with E-state index in [2.05, 4.69) is 62.3 Å². The van der Waals surface area contributed by atoms with Crippen LogP contribution in [0.5, 0.6) is 0 Å². The zero-order valence-corrected chi connectivity index (χ0v) is 13.8. The molecule has 1 rings (SSSR count). The highest BCUT2D eigenvalue weighted by atomic mass is 15.1. The first kappa shape index (κ1) is 17.2. The molecule has 0 bridgehead atoms. The van der Waals surface area contributed by atoms with Crippen LogP contribution in [0.15, 0.2) is 24.3 Å². The van der Waals surface area contributed by atoms with Gasteiger partial charge in [-0.15, -0.1) is 0 Å². The Kier molecular flexibility index (Phi) is 8.56. The van der Waals surface area contributed by atoms with E-state index in [1.165, 1.54) is 43.4 Å². The Morgan fingerprint density at radius 3 is 2.35 bits per heavy atom. The highest BCUT2D eigenvalue weighted by Gasteiger charge is 2.12. The quantitative estimate of drug-likeness (QED) is 0.646. The molecule has 1 aromatic rings. The minimum absolute atomic E-state index is 0.446. The second-order valence-electron chi connectivity index (χ2n) is 5.89. The molecule has 20 heavy (non-hydrogen) atoms. The first-order valence-corrected chi connectivity index (χ1v) is 8.15. The normalized spacial score (nSPS) is 12.8. The lowest BCUT2D eigenvalue weighted by molar-refractivity contribution is 0.284. The SMILES string of the molecule is CCCCCN(C)CC(NCCC)c1ccc(C)cc1. The van der Waals surface area contributed by atoms with Crippen molar-refractivity contribution < 1.29 is 0 Å². The fourth-order valence-corrected chi connectivity index (χ4v) is 2.44. The highest BCUT2D eigenvalue weighted by Crippen LogP contribution is 2.15. The van der Waals surface area contributed by atoms with E-state index < -0.39 is 0 Å². The molecule has 1 atom stereocenters. The van der Waals surface area contributed by atoms with Crippen LogP contribution in [0.3, 0.4) is 0 Å². The number of hydrogen-bond acceptors (Lipinski definition) is 2. The summed E-state index contributed by atoms with van der Waals surface area (Å²) in [7, 11) is 2.24. The lowest BCUT2D eigenvalue weighted by Gasteiger charge is -2.25. The van der Waals surface area contributed by atoms with Gasteiger partial charge in [0.2, 0.25) is 0 Å². The molecule has 0 aliphatic rings. The van der Waals surface area contributed by atoms with Gasteiger partial charge in [0.15, 0.2) is 0 Å². The number of nitrogens with one attached hydrogen (secondary N) is 1. The molecular formula is C18H32N2. The number of likely N-dealkylation sites (N-methyl/N-ethyl adjacent to an activating group) is 1. The van der Waals surface area contributed by atoms with Crippen molar-refractivity contribution in [3.8, 4) is 0 Å². The monoisotopic (exact) mass is 276 g/mol. The van der Waals surface area contributed by atoms with E-state index in [-0.39, 0.29) is 0 Å². The smallest absolute Gasteiger partial charge is 0.0449 e. The summed E-state index contributed by atoms with van der Waals surface area (Å²) >= 11 is 0. The zero-order chi connectivity index (χ0) is 14.8. The Morgan fingerprint density at radius 1 is 1.05 bits per heavy atom. The number of benzene rings is 1. The fourth-order valence-electron chi connectivity index (χ4n) is 2.44. The second-order valence-corrected chi connectivity index (χ2v) is 5.89. The molecule has 0 heterocycles. The van der Waals surface area contributed by atoms with Crippen LogP contribution < -0.4 is 5.32 Å². The Labute approximate surface area is 125 Å². The van der Waals surface area contributed by atoms with Crippen molar-refractivity contribution in [3.63, 3.8) is 0 Å². The van der Waals surface area contributed by atoms with Crippen LogP contribution in [0.1, 0.15) is 56.7 Å². The Hall–Kier alpha value is -0.860. The van der Waals surface area contributed by atoms with Crippen molar-refractivity contribution in [1.82, 2.24) is 10.2 Å². The molecular weight excluding hydrogens is 244 g/mol. The molecule has 2 nitrogen and oxygen atoms in total. The summed E-state index contributed by atoms with van der Waals surface area (Å²) in [6.07, 6.45) is 5.12. The lowest BCUT2D eigenvalue weighted by atomic mass is 10.0. The van der Waals surface area contributed by atoms with Gasteiger partial charge in [0.25, 0.3) is 0 Å². The minimum Gasteiger partial charge on any atom is -0.309 e. The Bertz CT molecular complexity index is 345. The maximum absolute atomic E-state index is 3.68. The maximum Gasteiger partial charge on any atom is 0.0449 e. The van der Waals surface area contributed by atoms with Crippen molar-refractivity contribution in [2.24, 2.45) is 0 Å². The molecule has 0 saturated carbocycles. The molecule has 2 heteroatoms. The van der Waals surface area contributed by atoms with Gasteiger partial charge >= 0.3 is 0 Å². The van der Waals surface area contributed by atoms with Crippen LogP contribution in [0.25, 0.3) is 0 Å². The van der Waals surface area contributed by atoms with E-state index in [0.29, 0.717) is 6.04 Å². The molecule has 1 aromatic carbocycles. The van der Waals surface area contributed by atoms with E-state index in [9.17, 15) is 0 Å². The van der Waals surface area contributed by atoms with Crippen LogP contribution in [-0.4, -0.2) is 31.6 Å². The van der Waals surface area contributed by atoms with Gasteiger partial charge in [-0.05, 0) is 45.5 Å². The largest absolute Gasteiger partial charge is 0.309 e. The first-order chi connectivity index (χ1) is 9.67. The third-order valence-corrected chi connectivity index (χ3v) is 3.76. The molecule has 1 N–H and O–H groups in total. The van der Waals surface area contributed by atoms with Crippen LogP contribution in [0.4, 0.5) is 0 Å². The van der Waals surface area contributed by atoms with E-state index >= 15 is 0 Å². The molecule has 0 fully saturated rings. The molecule has 114 valence electrons. The van der Waals surface area contributed by atoms with Gasteiger partial charge in [-0.3, -0.25) is 0 Å². The van der Waals surface area contributed by atoms with Crippen LogP contribution in [0.2, 0.25) is 0 Å². The predicted octanol–water partition coefficient (Wildman–Crippen LogP) is 4.16.